The van der Waals surface area contributed by atoms with E-state index in [1.54, 1.807) is 0 Å². The zero-order chi connectivity index (χ0) is 51.4. The monoisotopic (exact) mass is 998 g/mol. The molecule has 71 heavy (non-hydrogen) atoms. The maximum atomic E-state index is 12.5. The molecule has 0 spiro atoms. The van der Waals surface area contributed by atoms with Crippen LogP contribution >= 0.6 is 0 Å². The average molecular weight is 999 g/mol. The summed E-state index contributed by atoms with van der Waals surface area (Å²) in [6.07, 6.45) is 75.9. The molecule has 418 valence electrons. The van der Waals surface area contributed by atoms with E-state index < -0.39 is 12.1 Å². The van der Waals surface area contributed by atoms with Crippen LogP contribution in [0.3, 0.4) is 0 Å². The van der Waals surface area contributed by atoms with Gasteiger partial charge in [-0.15, -0.1) is 0 Å². The third kappa shape index (κ3) is 57.2. The average Bonchev–Trinajstić information content (AvgIpc) is 3.37. The lowest BCUT2D eigenvalue weighted by atomic mass is 10.0. The predicted octanol–water partition coefficient (Wildman–Crippen LogP) is 20.0. The number of esters is 1. The molecular formula is C65H123NO5. The molecular weight excluding hydrogens is 875 g/mol. The van der Waals surface area contributed by atoms with Crippen molar-refractivity contribution >= 4 is 11.9 Å². The Kier molecular flexibility index (Phi) is 59.0. The Balaban J connectivity index is 3.41. The molecule has 3 N–H and O–H groups in total. The number of allylic oxidation sites excluding steroid dienone is 6. The minimum Gasteiger partial charge on any atom is -0.466 e. The van der Waals surface area contributed by atoms with Crippen LogP contribution < -0.4 is 5.32 Å². The smallest absolute Gasteiger partial charge is 0.305 e. The van der Waals surface area contributed by atoms with Gasteiger partial charge in [-0.25, -0.2) is 0 Å². The summed E-state index contributed by atoms with van der Waals surface area (Å²) in [6.45, 7) is 4.95. The van der Waals surface area contributed by atoms with Gasteiger partial charge < -0.3 is 20.3 Å². The highest BCUT2D eigenvalue weighted by atomic mass is 16.5. The van der Waals surface area contributed by atoms with Gasteiger partial charge in [0.05, 0.1) is 25.4 Å². The molecule has 0 aliphatic rings. The Morgan fingerprint density at radius 3 is 1.08 bits per heavy atom. The van der Waals surface area contributed by atoms with E-state index in [0.717, 1.165) is 51.4 Å². The number of rotatable bonds is 59. The molecule has 0 heterocycles. The van der Waals surface area contributed by atoms with Gasteiger partial charge in [0.2, 0.25) is 5.91 Å². The van der Waals surface area contributed by atoms with Gasteiger partial charge in [0.15, 0.2) is 0 Å². The van der Waals surface area contributed by atoms with E-state index in [1.807, 2.05) is 0 Å². The highest BCUT2D eigenvalue weighted by Gasteiger charge is 2.20. The van der Waals surface area contributed by atoms with Gasteiger partial charge in [0.1, 0.15) is 0 Å². The molecule has 0 aromatic rings. The molecule has 0 radical (unpaired) electrons. The SMILES string of the molecule is CCCCCCCC/C=C\CCCCCCCC(=O)OCCCCCCCCCCC/C=C\C/C=C\CCCCCCCCCCCCCC(=O)NC(CO)C(O)CCCCCCCCCCCCCC. The van der Waals surface area contributed by atoms with Crippen LogP contribution in [0.4, 0.5) is 0 Å². The zero-order valence-corrected chi connectivity index (χ0v) is 47.7. The number of nitrogens with one attached hydrogen (secondary N) is 1. The Morgan fingerprint density at radius 2 is 0.704 bits per heavy atom. The van der Waals surface area contributed by atoms with Crippen LogP contribution in [-0.2, 0) is 14.3 Å². The van der Waals surface area contributed by atoms with Crippen LogP contribution in [0.2, 0.25) is 0 Å². The van der Waals surface area contributed by atoms with Crippen molar-refractivity contribution in [2.75, 3.05) is 13.2 Å². The largest absolute Gasteiger partial charge is 0.466 e. The minimum absolute atomic E-state index is 0.00272. The number of carbonyl (C=O) groups is 2. The van der Waals surface area contributed by atoms with Crippen LogP contribution in [0.25, 0.3) is 0 Å². The fraction of sp³-hybridized carbons (Fsp3) is 0.877. The Hall–Kier alpha value is -1.92. The Morgan fingerprint density at radius 1 is 0.394 bits per heavy atom. The molecule has 0 aliphatic heterocycles. The van der Waals surface area contributed by atoms with Crippen LogP contribution in [0.5, 0.6) is 0 Å². The fourth-order valence-electron chi connectivity index (χ4n) is 9.78. The van der Waals surface area contributed by atoms with Crippen molar-refractivity contribution in [1.29, 1.82) is 0 Å². The van der Waals surface area contributed by atoms with E-state index in [0.29, 0.717) is 25.9 Å². The second-order valence-electron chi connectivity index (χ2n) is 21.7. The molecule has 1 amide bonds. The number of unbranched alkanes of at least 4 members (excludes halogenated alkanes) is 42. The first-order chi connectivity index (χ1) is 35.0. The first-order valence-electron chi connectivity index (χ1n) is 31.7. The van der Waals surface area contributed by atoms with Crippen LogP contribution in [0.1, 0.15) is 341 Å². The summed E-state index contributed by atoms with van der Waals surface area (Å²) < 4.78 is 5.48. The summed E-state index contributed by atoms with van der Waals surface area (Å²) in [6, 6.07) is -0.543. The molecule has 0 aromatic heterocycles. The molecule has 0 aliphatic carbocycles. The Labute approximate surface area is 443 Å². The van der Waals surface area contributed by atoms with Gasteiger partial charge in [0, 0.05) is 12.8 Å². The number of ether oxygens (including phenoxy) is 1. The van der Waals surface area contributed by atoms with Gasteiger partial charge in [-0.3, -0.25) is 9.59 Å². The second-order valence-corrected chi connectivity index (χ2v) is 21.7. The van der Waals surface area contributed by atoms with E-state index in [1.165, 1.54) is 257 Å². The van der Waals surface area contributed by atoms with E-state index in [4.69, 9.17) is 4.74 Å². The quantitative estimate of drug-likeness (QED) is 0.0321. The fourth-order valence-corrected chi connectivity index (χ4v) is 9.78. The van der Waals surface area contributed by atoms with Crippen molar-refractivity contribution in [2.45, 2.75) is 353 Å². The van der Waals surface area contributed by atoms with Gasteiger partial charge in [-0.05, 0) is 83.5 Å². The molecule has 0 bridgehead atoms. The van der Waals surface area contributed by atoms with Crippen LogP contribution in [0.15, 0.2) is 36.5 Å². The molecule has 0 saturated heterocycles. The van der Waals surface area contributed by atoms with Crippen molar-refractivity contribution in [3.05, 3.63) is 36.5 Å². The molecule has 2 atom stereocenters. The molecule has 0 aromatic carbocycles. The third-order valence-corrected chi connectivity index (χ3v) is 14.7. The van der Waals surface area contributed by atoms with Crippen molar-refractivity contribution in [3.63, 3.8) is 0 Å². The number of hydrogen-bond donors (Lipinski definition) is 3. The molecule has 6 nitrogen and oxygen atoms in total. The first kappa shape index (κ1) is 69.1. The summed E-state index contributed by atoms with van der Waals surface area (Å²) in [4.78, 5) is 24.5. The van der Waals surface area contributed by atoms with Gasteiger partial charge in [-0.1, -0.05) is 281 Å². The maximum Gasteiger partial charge on any atom is 0.305 e. The summed E-state index contributed by atoms with van der Waals surface area (Å²) >= 11 is 0. The van der Waals surface area contributed by atoms with E-state index in [9.17, 15) is 19.8 Å². The lowest BCUT2D eigenvalue weighted by Crippen LogP contribution is -2.45. The summed E-state index contributed by atoms with van der Waals surface area (Å²) in [5, 5.41) is 23.2. The molecule has 2 unspecified atom stereocenters. The van der Waals surface area contributed by atoms with Gasteiger partial charge in [0.25, 0.3) is 0 Å². The molecule has 0 saturated carbocycles. The minimum atomic E-state index is -0.665. The van der Waals surface area contributed by atoms with Crippen molar-refractivity contribution in [1.82, 2.24) is 5.32 Å². The Bertz CT molecular complexity index is 1150. The van der Waals surface area contributed by atoms with Gasteiger partial charge >= 0.3 is 5.97 Å². The number of hydrogen-bond acceptors (Lipinski definition) is 5. The lowest BCUT2D eigenvalue weighted by molar-refractivity contribution is -0.143. The van der Waals surface area contributed by atoms with Gasteiger partial charge in [-0.2, -0.15) is 0 Å². The number of amides is 1. The maximum absolute atomic E-state index is 12.5. The first-order valence-corrected chi connectivity index (χ1v) is 31.7. The zero-order valence-electron chi connectivity index (χ0n) is 47.7. The predicted molar refractivity (Wildman–Crippen MR) is 310 cm³/mol. The van der Waals surface area contributed by atoms with E-state index in [2.05, 4.69) is 55.6 Å². The summed E-state index contributed by atoms with van der Waals surface area (Å²) in [7, 11) is 0. The molecule has 6 heteroatoms. The highest BCUT2D eigenvalue weighted by Crippen LogP contribution is 2.17. The second kappa shape index (κ2) is 60.6. The van der Waals surface area contributed by atoms with E-state index in [-0.39, 0.29) is 18.5 Å². The topological polar surface area (TPSA) is 95.9 Å². The number of carbonyl (C=O) groups excluding carboxylic acids is 2. The summed E-state index contributed by atoms with van der Waals surface area (Å²) in [5.74, 6) is -0.0353. The van der Waals surface area contributed by atoms with E-state index >= 15 is 0 Å². The van der Waals surface area contributed by atoms with Crippen molar-refractivity contribution < 1.29 is 24.5 Å². The number of aliphatic hydroxyl groups excluding tert-OH is 2. The lowest BCUT2D eigenvalue weighted by Gasteiger charge is -2.22. The standard InChI is InChI=1S/C65H123NO5/c1-3-5-7-9-11-13-15-17-31-35-39-43-47-51-55-59-65(70)71-60-56-52-48-44-40-36-33-30-28-26-24-22-20-18-19-21-23-25-27-29-32-34-38-42-46-50-54-58-64(69)66-62(61-67)63(68)57-53-49-45-41-37-16-14-12-10-8-6-4-2/h17-19,22,24,31,62-63,67-68H,3-16,20-21,23,25-30,32-61H2,1-2H3,(H,66,69)/b19-18-,24-22-,31-17-. The summed E-state index contributed by atoms with van der Waals surface area (Å²) in [5.41, 5.74) is 0. The van der Waals surface area contributed by atoms with Crippen molar-refractivity contribution in [2.24, 2.45) is 0 Å². The van der Waals surface area contributed by atoms with Crippen molar-refractivity contribution in [3.8, 4) is 0 Å². The normalized spacial score (nSPS) is 12.8. The van der Waals surface area contributed by atoms with Crippen LogP contribution in [-0.4, -0.2) is 47.4 Å². The van der Waals surface area contributed by atoms with Crippen LogP contribution in [0, 0.1) is 0 Å². The molecule has 0 rings (SSSR count). The number of aliphatic hydroxyl groups is 2. The molecule has 0 fully saturated rings. The highest BCUT2D eigenvalue weighted by molar-refractivity contribution is 5.76. The third-order valence-electron chi connectivity index (χ3n) is 14.7.